The zero-order valence-corrected chi connectivity index (χ0v) is 50.9. The lowest BCUT2D eigenvalue weighted by Gasteiger charge is -2.37. The molecule has 93 heavy (non-hydrogen) atoms. The van der Waals surface area contributed by atoms with Crippen molar-refractivity contribution >= 4 is 82.9 Å². The summed E-state index contributed by atoms with van der Waals surface area (Å²) in [6.45, 7) is 0.419. The molecule has 0 aromatic heterocycles. The number of alkyl carbamates (subject to hydrolysis) is 2. The zero-order valence-electron chi connectivity index (χ0n) is 50.9. The minimum Gasteiger partial charge on any atom is -0.456 e. The van der Waals surface area contributed by atoms with Gasteiger partial charge < -0.3 is 100 Å². The molecule has 31 heteroatoms. The van der Waals surface area contributed by atoms with Crippen LogP contribution >= 0.6 is 0 Å². The second-order valence-electron chi connectivity index (χ2n) is 21.5. The highest BCUT2D eigenvalue weighted by Gasteiger charge is 2.54. The average molecular weight is 1280 g/mol. The van der Waals surface area contributed by atoms with Gasteiger partial charge in [-0.1, -0.05) is 60.7 Å². The van der Waals surface area contributed by atoms with Crippen molar-refractivity contribution in [2.24, 2.45) is 22.9 Å². The molecular weight excluding hydrogens is 1200 g/mol. The molecular formula is C62H77N19O12. The van der Waals surface area contributed by atoms with Crippen LogP contribution in [0.5, 0.6) is 11.5 Å². The van der Waals surface area contributed by atoms with Crippen molar-refractivity contribution in [1.82, 2.24) is 47.9 Å². The van der Waals surface area contributed by atoms with Crippen LogP contribution in [0.15, 0.2) is 115 Å². The average Bonchev–Trinajstić information content (AvgIpc) is 1.63. The molecule has 7 amide bonds. The fourth-order valence-electron chi connectivity index (χ4n) is 10.2. The molecule has 4 atom stereocenters. The van der Waals surface area contributed by atoms with Crippen LogP contribution in [-0.2, 0) is 52.2 Å². The largest absolute Gasteiger partial charge is 0.456 e. The standard InChI is InChI=1S/C62H77N19O12/c1-71-50(82)37-20-23-40-43(30-37)62(93-55(40)87)41-24-21-38(76-51(83)44(16-8-26-72-56(63)64)78-53(85)46(18-10-28-74-58(67)68)80-60(88)90-33-35-12-4-2-5-13-35)31-48(41)92-49-32-39(22-25-42(49)62)77-52(84)45(17-9-27-73-57(65)66)79-54(86)47(19-11-29-75-59(69)70)81-61(89)91-34-36-14-6-3-7-15-36/h2-7,12-15,20-25,30-32,44-47H,8-11,16-19,26-29,33-34H2,1H3,(H,71,82)(H,76,83)(H,77,84)(H,78,85)(H,79,86)(H,80,88)(H,81,89)(H4,63,64,72)(H4,65,66,73)(H4,67,68,74)(H4,69,70,75). The summed E-state index contributed by atoms with van der Waals surface area (Å²) in [5.74, 6) is -5.39. The van der Waals surface area contributed by atoms with Crippen molar-refractivity contribution < 1.29 is 57.3 Å². The summed E-state index contributed by atoms with van der Waals surface area (Å²) < 4.78 is 23.8. The minimum atomic E-state index is -1.82. The van der Waals surface area contributed by atoms with Crippen molar-refractivity contribution in [1.29, 1.82) is 21.6 Å². The van der Waals surface area contributed by atoms with E-state index in [9.17, 15) is 38.4 Å². The Labute approximate surface area is 534 Å². The number of rotatable bonds is 31. The number of esters is 1. The Hall–Kier alpha value is -11.7. The molecule has 1 spiro atoms. The highest BCUT2D eigenvalue weighted by Crippen LogP contribution is 2.57. The van der Waals surface area contributed by atoms with E-state index < -0.39 is 77.5 Å². The predicted octanol–water partition coefficient (Wildman–Crippen LogP) is 2.10. The Morgan fingerprint density at radius 3 is 1.25 bits per heavy atom. The van der Waals surface area contributed by atoms with E-state index in [1.807, 2.05) is 0 Å². The number of hydrogen-bond donors (Lipinski definition) is 19. The fourth-order valence-corrected chi connectivity index (χ4v) is 10.2. The van der Waals surface area contributed by atoms with Crippen LogP contribution in [0.25, 0.3) is 0 Å². The van der Waals surface area contributed by atoms with E-state index in [1.54, 1.807) is 72.8 Å². The number of ether oxygens (including phenoxy) is 4. The van der Waals surface area contributed by atoms with Crippen LogP contribution in [0.4, 0.5) is 21.0 Å². The highest BCUT2D eigenvalue weighted by molar-refractivity contribution is 6.02. The highest BCUT2D eigenvalue weighted by atomic mass is 16.6. The van der Waals surface area contributed by atoms with E-state index in [2.05, 4.69) is 58.5 Å². The van der Waals surface area contributed by atoms with Crippen LogP contribution in [0.1, 0.15) is 99.9 Å². The van der Waals surface area contributed by atoms with E-state index in [1.165, 1.54) is 49.5 Å². The fraction of sp³-hybridized carbons (Fsp3) is 0.323. The molecule has 2 heterocycles. The number of carbonyl (C=O) groups is 8. The third kappa shape index (κ3) is 19.7. The third-order valence-electron chi connectivity index (χ3n) is 14.7. The molecule has 2 aliphatic rings. The molecule has 0 bridgehead atoms. The van der Waals surface area contributed by atoms with Crippen LogP contribution in [0.2, 0.25) is 0 Å². The molecule has 0 aliphatic carbocycles. The van der Waals surface area contributed by atoms with Crippen molar-refractivity contribution in [3.63, 3.8) is 0 Å². The Bertz CT molecular complexity index is 3390. The molecule has 5 aromatic rings. The lowest BCUT2D eigenvalue weighted by molar-refractivity contribution is -0.128. The first kappa shape index (κ1) is 68.8. The summed E-state index contributed by atoms with van der Waals surface area (Å²) in [5.41, 5.74) is 22.9. The molecule has 2 aliphatic heterocycles. The summed E-state index contributed by atoms with van der Waals surface area (Å²) in [6.07, 6.45) is -0.892. The smallest absolute Gasteiger partial charge is 0.408 e. The summed E-state index contributed by atoms with van der Waals surface area (Å²) in [6, 6.07) is 26.1. The van der Waals surface area contributed by atoms with Gasteiger partial charge in [0.05, 0.1) is 5.56 Å². The second kappa shape index (κ2) is 33.2. The number of fused-ring (bicyclic) bond motifs is 6. The number of amides is 7. The number of hydrogen-bond acceptors (Lipinski definition) is 16. The van der Waals surface area contributed by atoms with Crippen molar-refractivity contribution in [2.75, 3.05) is 43.9 Å². The maximum absolute atomic E-state index is 14.5. The van der Waals surface area contributed by atoms with E-state index in [0.29, 0.717) is 11.1 Å². The topological polar surface area (TPSA) is 505 Å². The number of carbonyl (C=O) groups excluding carboxylic acids is 8. The van der Waals surface area contributed by atoms with Crippen LogP contribution < -0.4 is 86.2 Å². The first-order valence-corrected chi connectivity index (χ1v) is 29.7. The van der Waals surface area contributed by atoms with E-state index >= 15 is 0 Å². The van der Waals surface area contributed by atoms with Gasteiger partial charge in [-0.05, 0) is 105 Å². The monoisotopic (exact) mass is 1280 g/mol. The molecule has 0 saturated carbocycles. The van der Waals surface area contributed by atoms with Crippen molar-refractivity contribution in [3.8, 4) is 11.5 Å². The molecule has 4 unspecified atom stereocenters. The Morgan fingerprint density at radius 2 is 0.871 bits per heavy atom. The van der Waals surface area contributed by atoms with Gasteiger partial charge in [-0.15, -0.1) is 0 Å². The van der Waals surface area contributed by atoms with Crippen LogP contribution in [-0.4, -0.2) is 129 Å². The first-order valence-electron chi connectivity index (χ1n) is 29.7. The van der Waals surface area contributed by atoms with Gasteiger partial charge in [0.1, 0.15) is 48.9 Å². The first-order chi connectivity index (χ1) is 44.6. The normalized spacial score (nSPS) is 14.3. The van der Waals surface area contributed by atoms with Crippen LogP contribution in [0.3, 0.4) is 0 Å². The number of guanidine groups is 4. The summed E-state index contributed by atoms with van der Waals surface area (Å²) in [5, 5.41) is 59.9. The van der Waals surface area contributed by atoms with E-state index in [-0.39, 0.29) is 165 Å². The lowest BCUT2D eigenvalue weighted by atomic mass is 9.77. The third-order valence-corrected chi connectivity index (χ3v) is 14.7. The summed E-state index contributed by atoms with van der Waals surface area (Å²) in [7, 11) is 1.45. The van der Waals surface area contributed by atoms with Gasteiger partial charge in [-0.25, -0.2) is 14.4 Å². The number of benzene rings is 5. The molecule has 0 fully saturated rings. The van der Waals surface area contributed by atoms with Crippen molar-refractivity contribution in [2.45, 2.75) is 94.3 Å². The molecule has 0 saturated heterocycles. The number of nitrogens with one attached hydrogen (secondary N) is 15. The quantitative estimate of drug-likeness (QED) is 0.00993. The molecule has 5 aromatic carbocycles. The summed E-state index contributed by atoms with van der Waals surface area (Å²) in [4.78, 5) is 111. The molecule has 7 rings (SSSR count). The second-order valence-corrected chi connectivity index (χ2v) is 21.5. The number of anilines is 2. The van der Waals surface area contributed by atoms with Crippen LogP contribution in [0, 0.1) is 21.6 Å². The van der Waals surface area contributed by atoms with Gasteiger partial charge in [-0.2, -0.15) is 0 Å². The number of nitrogens with two attached hydrogens (primary N) is 4. The van der Waals surface area contributed by atoms with Gasteiger partial charge in [0, 0.05) is 79.0 Å². The SMILES string of the molecule is CNC(=O)c1ccc2c(c1)C1(OC2=O)c2ccc(NC(=O)C(CCCNC(=N)N)NC(=O)C(CCCNC(=N)N)NC(=O)OCc3ccccc3)cc2Oc2cc(NC(=O)C(CCCNC(=N)N)NC(=O)C(CCCNC(=N)N)NC(=O)OCc3ccccc3)ccc21. The van der Waals surface area contributed by atoms with Crippen molar-refractivity contribution in [3.05, 3.63) is 154 Å². The van der Waals surface area contributed by atoms with E-state index in [0.717, 1.165) is 0 Å². The minimum absolute atomic E-state index is 0.0111. The van der Waals surface area contributed by atoms with Gasteiger partial charge in [0.15, 0.2) is 29.4 Å². The molecule has 31 nitrogen and oxygen atoms in total. The summed E-state index contributed by atoms with van der Waals surface area (Å²) >= 11 is 0. The Morgan fingerprint density at radius 1 is 0.484 bits per heavy atom. The lowest BCUT2D eigenvalue weighted by Crippen LogP contribution is -2.53. The predicted molar refractivity (Wildman–Crippen MR) is 343 cm³/mol. The molecule has 492 valence electrons. The van der Waals surface area contributed by atoms with E-state index in [4.69, 9.17) is 63.5 Å². The van der Waals surface area contributed by atoms with Gasteiger partial charge >= 0.3 is 18.2 Å². The van der Waals surface area contributed by atoms with Gasteiger partial charge in [-0.3, -0.25) is 45.6 Å². The Balaban J connectivity index is 1.18. The van der Waals surface area contributed by atoms with Gasteiger partial charge in [0.25, 0.3) is 5.91 Å². The van der Waals surface area contributed by atoms with Gasteiger partial charge in [0.2, 0.25) is 23.6 Å². The maximum atomic E-state index is 14.5. The molecule has 0 radical (unpaired) electrons. The molecule has 23 N–H and O–H groups in total. The zero-order chi connectivity index (χ0) is 67.0. The Kier molecular flexibility index (Phi) is 24.6. The maximum Gasteiger partial charge on any atom is 0.408 e.